The maximum atomic E-state index is 5.84. The lowest BCUT2D eigenvalue weighted by Crippen LogP contribution is -2.51. The third-order valence-corrected chi connectivity index (χ3v) is 4.46. The minimum absolute atomic E-state index is 0.0713. The average molecular weight is 263 g/mol. The zero-order valence-corrected chi connectivity index (χ0v) is 13.1. The number of likely N-dealkylation sites (N-methyl/N-ethyl adjacent to an activating group) is 1. The summed E-state index contributed by atoms with van der Waals surface area (Å²) in [5, 5.41) is 3.45. The molecule has 0 fully saturated rings. The van der Waals surface area contributed by atoms with Crippen molar-refractivity contribution < 1.29 is 4.74 Å². The van der Waals surface area contributed by atoms with Gasteiger partial charge in [0.2, 0.25) is 0 Å². The quantitative estimate of drug-likeness (QED) is 0.774. The Bertz CT molecular complexity index is 346. The Kier molecular flexibility index (Phi) is 6.53. The molecule has 0 spiro atoms. The molecule has 1 aromatic rings. The molecule has 0 saturated carbocycles. The van der Waals surface area contributed by atoms with E-state index in [9.17, 15) is 0 Å². The van der Waals surface area contributed by atoms with Crippen LogP contribution in [0.3, 0.4) is 0 Å². The monoisotopic (exact) mass is 263 g/mol. The van der Waals surface area contributed by atoms with Crippen LogP contribution < -0.4 is 5.32 Å². The highest BCUT2D eigenvalue weighted by atomic mass is 16.5. The van der Waals surface area contributed by atoms with E-state index in [0.29, 0.717) is 6.04 Å². The Balaban J connectivity index is 2.85. The Morgan fingerprint density at radius 1 is 1.05 bits per heavy atom. The maximum Gasteiger partial charge on any atom is 0.0828 e. The standard InChI is InChI=1S/C17H29NO/c1-6-14-9-11-15(12-10-14)13-16(18-4)17(7-2,8-3)19-5/h9-12,16,18H,6-8,13H2,1-5H3. The summed E-state index contributed by atoms with van der Waals surface area (Å²) in [6.45, 7) is 6.60. The van der Waals surface area contributed by atoms with Gasteiger partial charge in [-0.15, -0.1) is 0 Å². The largest absolute Gasteiger partial charge is 0.377 e. The predicted molar refractivity (Wildman–Crippen MR) is 82.7 cm³/mol. The number of nitrogens with one attached hydrogen (secondary N) is 1. The van der Waals surface area contributed by atoms with E-state index in [2.05, 4.69) is 50.4 Å². The van der Waals surface area contributed by atoms with E-state index in [0.717, 1.165) is 25.7 Å². The lowest BCUT2D eigenvalue weighted by atomic mass is 9.84. The smallest absolute Gasteiger partial charge is 0.0828 e. The molecule has 0 saturated heterocycles. The molecule has 0 bridgehead atoms. The van der Waals surface area contributed by atoms with E-state index in [1.807, 2.05) is 14.2 Å². The second-order valence-corrected chi connectivity index (χ2v) is 5.19. The van der Waals surface area contributed by atoms with Crippen LogP contribution in [0.2, 0.25) is 0 Å². The molecule has 0 aliphatic heterocycles. The third-order valence-electron chi connectivity index (χ3n) is 4.46. The normalized spacial score (nSPS) is 13.5. The second-order valence-electron chi connectivity index (χ2n) is 5.19. The molecule has 0 heterocycles. The molecule has 1 aromatic carbocycles. The van der Waals surface area contributed by atoms with E-state index in [-0.39, 0.29) is 5.60 Å². The molecule has 1 N–H and O–H groups in total. The Labute approximate surface area is 118 Å². The minimum Gasteiger partial charge on any atom is -0.377 e. The van der Waals surface area contributed by atoms with Crippen LogP contribution in [0.25, 0.3) is 0 Å². The molecule has 0 aromatic heterocycles. The number of aryl methyl sites for hydroxylation is 1. The summed E-state index contributed by atoms with van der Waals surface area (Å²) in [5.74, 6) is 0. The van der Waals surface area contributed by atoms with Crippen LogP contribution in [0.5, 0.6) is 0 Å². The molecule has 0 aliphatic rings. The van der Waals surface area contributed by atoms with Gasteiger partial charge < -0.3 is 10.1 Å². The first kappa shape index (κ1) is 16.2. The summed E-state index contributed by atoms with van der Waals surface area (Å²) in [6.07, 6.45) is 4.16. The lowest BCUT2D eigenvalue weighted by Gasteiger charge is -2.38. The van der Waals surface area contributed by atoms with Crippen LogP contribution >= 0.6 is 0 Å². The van der Waals surface area contributed by atoms with Crippen molar-refractivity contribution in [3.63, 3.8) is 0 Å². The van der Waals surface area contributed by atoms with Gasteiger partial charge in [0.25, 0.3) is 0 Å². The molecule has 1 rings (SSSR count). The average Bonchev–Trinajstić information content (AvgIpc) is 2.49. The maximum absolute atomic E-state index is 5.84. The Hall–Kier alpha value is -0.860. The molecule has 2 heteroatoms. The first-order valence-corrected chi connectivity index (χ1v) is 7.45. The highest BCUT2D eigenvalue weighted by Gasteiger charge is 2.34. The van der Waals surface area contributed by atoms with Crippen LogP contribution in [0.4, 0.5) is 0 Å². The highest BCUT2D eigenvalue weighted by molar-refractivity contribution is 5.23. The molecule has 19 heavy (non-hydrogen) atoms. The van der Waals surface area contributed by atoms with Gasteiger partial charge in [-0.1, -0.05) is 45.0 Å². The molecule has 1 unspecified atom stereocenters. The summed E-state index contributed by atoms with van der Waals surface area (Å²) in [5.41, 5.74) is 2.70. The SMILES string of the molecule is CCc1ccc(CC(NC)C(CC)(CC)OC)cc1. The van der Waals surface area contributed by atoms with Crippen molar-refractivity contribution in [1.29, 1.82) is 0 Å². The molecule has 0 amide bonds. The van der Waals surface area contributed by atoms with Crippen molar-refractivity contribution >= 4 is 0 Å². The van der Waals surface area contributed by atoms with Gasteiger partial charge in [-0.2, -0.15) is 0 Å². The van der Waals surface area contributed by atoms with Gasteiger partial charge in [0.15, 0.2) is 0 Å². The third kappa shape index (κ3) is 3.80. The summed E-state index contributed by atoms with van der Waals surface area (Å²) >= 11 is 0. The number of rotatable bonds is 8. The van der Waals surface area contributed by atoms with Gasteiger partial charge in [-0.25, -0.2) is 0 Å². The molecule has 0 radical (unpaired) electrons. The van der Waals surface area contributed by atoms with Crippen LogP contribution in [0.15, 0.2) is 24.3 Å². The van der Waals surface area contributed by atoms with Crippen molar-refractivity contribution in [2.45, 2.75) is 58.1 Å². The topological polar surface area (TPSA) is 21.3 Å². The van der Waals surface area contributed by atoms with Crippen molar-refractivity contribution in [3.8, 4) is 0 Å². The van der Waals surface area contributed by atoms with Gasteiger partial charge in [0, 0.05) is 13.2 Å². The summed E-state index contributed by atoms with van der Waals surface area (Å²) in [4.78, 5) is 0. The van der Waals surface area contributed by atoms with Crippen LogP contribution in [-0.2, 0) is 17.6 Å². The molecule has 0 aliphatic carbocycles. The highest BCUT2D eigenvalue weighted by Crippen LogP contribution is 2.26. The van der Waals surface area contributed by atoms with E-state index in [1.165, 1.54) is 11.1 Å². The number of ether oxygens (including phenoxy) is 1. The number of benzene rings is 1. The first-order valence-electron chi connectivity index (χ1n) is 7.45. The number of hydrogen-bond acceptors (Lipinski definition) is 2. The predicted octanol–water partition coefficient (Wildman–Crippen LogP) is 3.58. The van der Waals surface area contributed by atoms with Crippen molar-refractivity contribution in [2.75, 3.05) is 14.2 Å². The Morgan fingerprint density at radius 2 is 1.58 bits per heavy atom. The molecule has 1 atom stereocenters. The van der Waals surface area contributed by atoms with Gasteiger partial charge in [-0.05, 0) is 43.9 Å². The molecular formula is C17H29NO. The number of methoxy groups -OCH3 is 1. The zero-order chi connectivity index (χ0) is 14.3. The Morgan fingerprint density at radius 3 is 1.95 bits per heavy atom. The van der Waals surface area contributed by atoms with Gasteiger partial charge in [-0.3, -0.25) is 0 Å². The first-order chi connectivity index (χ1) is 9.15. The summed E-state index contributed by atoms with van der Waals surface area (Å²) < 4.78 is 5.84. The van der Waals surface area contributed by atoms with Gasteiger partial charge in [0.05, 0.1) is 5.60 Å². The number of hydrogen-bond donors (Lipinski definition) is 1. The van der Waals surface area contributed by atoms with Gasteiger partial charge in [0.1, 0.15) is 0 Å². The molecule has 108 valence electrons. The van der Waals surface area contributed by atoms with E-state index < -0.39 is 0 Å². The van der Waals surface area contributed by atoms with Crippen molar-refractivity contribution in [1.82, 2.24) is 5.32 Å². The van der Waals surface area contributed by atoms with Crippen molar-refractivity contribution in [2.24, 2.45) is 0 Å². The lowest BCUT2D eigenvalue weighted by molar-refractivity contribution is -0.0454. The van der Waals surface area contributed by atoms with Crippen LogP contribution in [-0.4, -0.2) is 25.8 Å². The van der Waals surface area contributed by atoms with Crippen LogP contribution in [0, 0.1) is 0 Å². The van der Waals surface area contributed by atoms with E-state index >= 15 is 0 Å². The van der Waals surface area contributed by atoms with E-state index in [1.54, 1.807) is 0 Å². The second kappa shape index (κ2) is 7.66. The fourth-order valence-corrected chi connectivity index (χ4v) is 2.87. The summed E-state index contributed by atoms with van der Waals surface area (Å²) in [7, 11) is 3.86. The zero-order valence-electron chi connectivity index (χ0n) is 13.1. The molecular weight excluding hydrogens is 234 g/mol. The van der Waals surface area contributed by atoms with Crippen molar-refractivity contribution in [3.05, 3.63) is 35.4 Å². The van der Waals surface area contributed by atoms with Gasteiger partial charge >= 0.3 is 0 Å². The van der Waals surface area contributed by atoms with E-state index in [4.69, 9.17) is 4.74 Å². The summed E-state index contributed by atoms with van der Waals surface area (Å²) in [6, 6.07) is 9.30. The molecule has 2 nitrogen and oxygen atoms in total. The van der Waals surface area contributed by atoms with Crippen LogP contribution in [0.1, 0.15) is 44.7 Å². The fraction of sp³-hybridized carbons (Fsp3) is 0.647. The minimum atomic E-state index is -0.0713. The fourth-order valence-electron chi connectivity index (χ4n) is 2.87.